The molecule has 4 aromatic rings. The maximum absolute atomic E-state index is 13.2. The van der Waals surface area contributed by atoms with Crippen molar-refractivity contribution in [1.82, 2.24) is 4.98 Å². The number of fused-ring (bicyclic) bond motifs is 1. The first-order valence-electron chi connectivity index (χ1n) is 9.30. The van der Waals surface area contributed by atoms with Gasteiger partial charge in [0, 0.05) is 16.1 Å². The van der Waals surface area contributed by atoms with E-state index in [-0.39, 0.29) is 5.91 Å². The predicted octanol–water partition coefficient (Wildman–Crippen LogP) is 4.63. The van der Waals surface area contributed by atoms with Crippen LogP contribution in [0.4, 0.5) is 5.82 Å². The summed E-state index contributed by atoms with van der Waals surface area (Å²) in [5.41, 5.74) is 3.27. The van der Waals surface area contributed by atoms with Crippen molar-refractivity contribution in [3.8, 4) is 22.5 Å². The average Bonchev–Trinajstić information content (AvgIpc) is 3.37. The summed E-state index contributed by atoms with van der Waals surface area (Å²) in [6, 6.07) is 20.6. The summed E-state index contributed by atoms with van der Waals surface area (Å²) in [6.45, 7) is 0. The van der Waals surface area contributed by atoms with Crippen molar-refractivity contribution in [2.45, 2.75) is 12.5 Å². The van der Waals surface area contributed by atoms with Crippen LogP contribution in [-0.4, -0.2) is 16.9 Å². The number of aromatic nitrogens is 2. The van der Waals surface area contributed by atoms with Gasteiger partial charge in [0.2, 0.25) is 6.04 Å². The number of rotatable bonds is 4. The number of anilines is 1. The van der Waals surface area contributed by atoms with Crippen LogP contribution >= 0.6 is 11.6 Å². The minimum absolute atomic E-state index is 0.0359. The van der Waals surface area contributed by atoms with E-state index in [1.165, 1.54) is 0 Å². The molecule has 0 bridgehead atoms. The van der Waals surface area contributed by atoms with Crippen molar-refractivity contribution in [2.75, 3.05) is 5.32 Å². The van der Waals surface area contributed by atoms with E-state index in [0.29, 0.717) is 23.0 Å². The number of carbonyl (C=O) groups excluding carboxylic acids is 1. The first-order valence-corrected chi connectivity index (χ1v) is 9.68. The maximum atomic E-state index is 13.2. The normalized spacial score (nSPS) is 15.2. The monoisotopic (exact) mass is 402 g/mol. The lowest BCUT2D eigenvalue weighted by atomic mass is 10.1. The van der Waals surface area contributed by atoms with Crippen LogP contribution in [0.2, 0.25) is 5.02 Å². The molecule has 1 N–H and O–H groups in total. The molecule has 2 aromatic heterocycles. The predicted molar refractivity (Wildman–Crippen MR) is 111 cm³/mol. The fraction of sp³-hybridized carbons (Fsp3) is 0.0870. The number of hydrogen-bond donors (Lipinski definition) is 1. The van der Waals surface area contributed by atoms with Crippen LogP contribution < -0.4 is 9.88 Å². The summed E-state index contributed by atoms with van der Waals surface area (Å²) in [7, 11) is 0. The summed E-state index contributed by atoms with van der Waals surface area (Å²) in [5, 5.41) is 3.99. The van der Waals surface area contributed by atoms with Gasteiger partial charge in [-0.2, -0.15) is 4.57 Å². The van der Waals surface area contributed by atoms with E-state index in [4.69, 9.17) is 21.0 Å². The zero-order valence-electron chi connectivity index (χ0n) is 15.4. The van der Waals surface area contributed by atoms with Crippen molar-refractivity contribution >= 4 is 23.3 Å². The van der Waals surface area contributed by atoms with Gasteiger partial charge < -0.3 is 4.42 Å². The van der Waals surface area contributed by atoms with Gasteiger partial charge in [0.05, 0.1) is 12.7 Å². The molecule has 2 aromatic carbocycles. The molecule has 0 radical (unpaired) electrons. The van der Waals surface area contributed by atoms with Crippen LogP contribution in [0.25, 0.3) is 22.5 Å². The molecule has 1 unspecified atom stereocenters. The quantitative estimate of drug-likeness (QED) is 0.506. The number of halogens is 1. The molecule has 5 rings (SSSR count). The first kappa shape index (κ1) is 17.6. The third kappa shape index (κ3) is 3.30. The van der Waals surface area contributed by atoms with E-state index in [0.717, 1.165) is 22.6 Å². The minimum Gasteiger partial charge on any atom is -0.469 e. The minimum atomic E-state index is -0.417. The zero-order valence-corrected chi connectivity index (χ0v) is 16.1. The molecule has 1 aliphatic rings. The lowest BCUT2D eigenvalue weighted by molar-refractivity contribution is -0.551. The number of furan rings is 1. The van der Waals surface area contributed by atoms with Crippen LogP contribution in [0.1, 0.15) is 10.6 Å². The van der Waals surface area contributed by atoms with Crippen molar-refractivity contribution in [2.24, 2.45) is 0 Å². The van der Waals surface area contributed by atoms with Gasteiger partial charge in [-0.15, -0.1) is 0 Å². The maximum Gasteiger partial charge on any atom is 0.359 e. The Morgan fingerprint density at radius 2 is 1.79 bits per heavy atom. The van der Waals surface area contributed by atoms with Gasteiger partial charge in [-0.05, 0) is 24.3 Å². The van der Waals surface area contributed by atoms with Crippen LogP contribution in [-0.2, 0) is 6.42 Å². The molecule has 1 atom stereocenters. The number of carbonyl (C=O) groups is 1. The molecule has 5 nitrogen and oxygen atoms in total. The molecule has 0 amide bonds. The summed E-state index contributed by atoms with van der Waals surface area (Å²) in [5.74, 6) is 1.40. The number of nitrogens with zero attached hydrogens (tertiary/aromatic N) is 2. The van der Waals surface area contributed by atoms with Gasteiger partial charge in [0.15, 0.2) is 5.69 Å². The Kier molecular flexibility index (Phi) is 4.37. The van der Waals surface area contributed by atoms with Crippen LogP contribution in [0.5, 0.6) is 0 Å². The fourth-order valence-corrected chi connectivity index (χ4v) is 3.66. The fourth-order valence-electron chi connectivity index (χ4n) is 3.53. The highest BCUT2D eigenvalue weighted by molar-refractivity contribution is 6.30. The molecule has 29 heavy (non-hydrogen) atoms. The molecular weight excluding hydrogens is 386 g/mol. The van der Waals surface area contributed by atoms with E-state index in [9.17, 15) is 4.79 Å². The Balaban J connectivity index is 1.63. The number of hydrogen-bond acceptors (Lipinski definition) is 4. The molecular formula is C23H17ClN3O2+. The Morgan fingerprint density at radius 1 is 1.00 bits per heavy atom. The summed E-state index contributed by atoms with van der Waals surface area (Å²) < 4.78 is 7.09. The summed E-state index contributed by atoms with van der Waals surface area (Å²) >= 11 is 6.06. The SMILES string of the molecule is O=C1C(Cc2ccco2)Nc2c(-c3ccc(Cl)cc3)nc(-c3ccccc3)c[n+]21. The van der Waals surface area contributed by atoms with Crippen LogP contribution in [0.3, 0.4) is 0 Å². The second-order valence-electron chi connectivity index (χ2n) is 6.88. The van der Waals surface area contributed by atoms with Crippen molar-refractivity contribution in [3.63, 3.8) is 0 Å². The third-order valence-electron chi connectivity index (χ3n) is 4.97. The van der Waals surface area contributed by atoms with Crippen molar-refractivity contribution in [1.29, 1.82) is 0 Å². The Hall–Kier alpha value is -3.44. The Labute approximate surface area is 172 Å². The molecule has 6 heteroatoms. The molecule has 0 saturated carbocycles. The van der Waals surface area contributed by atoms with Crippen molar-refractivity contribution in [3.05, 3.63) is 90.0 Å². The topological polar surface area (TPSA) is 59.0 Å². The molecule has 0 fully saturated rings. The van der Waals surface area contributed by atoms with E-state index in [1.54, 1.807) is 17.0 Å². The first-order chi connectivity index (χ1) is 14.2. The van der Waals surface area contributed by atoms with Gasteiger partial charge in [0.25, 0.3) is 0 Å². The van der Waals surface area contributed by atoms with E-state index in [2.05, 4.69) is 5.32 Å². The molecule has 0 spiro atoms. The van der Waals surface area contributed by atoms with Gasteiger partial charge >= 0.3 is 11.7 Å². The lowest BCUT2D eigenvalue weighted by Crippen LogP contribution is -2.43. The standard InChI is InChI=1S/C23H16ClN3O2/c24-17-10-8-16(9-11-17)21-22-26-19(13-18-7-4-12-29-18)23(28)27(22)14-20(25-21)15-5-2-1-3-6-15/h1-12,14,19H,13H2/p+1. The largest absolute Gasteiger partial charge is 0.469 e. The number of benzene rings is 2. The van der Waals surface area contributed by atoms with Crippen LogP contribution in [0.15, 0.2) is 83.6 Å². The molecule has 0 aliphatic carbocycles. The Morgan fingerprint density at radius 3 is 2.52 bits per heavy atom. The lowest BCUT2D eigenvalue weighted by Gasteiger charge is -2.07. The molecule has 1 aliphatic heterocycles. The second-order valence-corrected chi connectivity index (χ2v) is 7.32. The van der Waals surface area contributed by atoms with E-state index >= 15 is 0 Å². The summed E-state index contributed by atoms with van der Waals surface area (Å²) in [6.07, 6.45) is 3.87. The molecule has 142 valence electrons. The number of nitrogens with one attached hydrogen (secondary N) is 1. The third-order valence-corrected chi connectivity index (χ3v) is 5.22. The Bertz CT molecular complexity index is 1170. The highest BCUT2D eigenvalue weighted by Gasteiger charge is 2.41. The summed E-state index contributed by atoms with van der Waals surface area (Å²) in [4.78, 5) is 18.0. The van der Waals surface area contributed by atoms with Gasteiger partial charge in [0.1, 0.15) is 17.7 Å². The van der Waals surface area contributed by atoms with Gasteiger partial charge in [-0.1, -0.05) is 54.1 Å². The molecule has 0 saturated heterocycles. The van der Waals surface area contributed by atoms with Gasteiger partial charge in [-0.3, -0.25) is 5.32 Å². The highest BCUT2D eigenvalue weighted by atomic mass is 35.5. The van der Waals surface area contributed by atoms with E-state index < -0.39 is 6.04 Å². The second kappa shape index (κ2) is 7.18. The highest BCUT2D eigenvalue weighted by Crippen LogP contribution is 2.30. The van der Waals surface area contributed by atoms with Gasteiger partial charge in [-0.25, -0.2) is 9.78 Å². The van der Waals surface area contributed by atoms with Crippen LogP contribution in [0, 0.1) is 0 Å². The van der Waals surface area contributed by atoms with E-state index in [1.807, 2.05) is 66.7 Å². The average molecular weight is 403 g/mol. The van der Waals surface area contributed by atoms with Crippen molar-refractivity contribution < 1.29 is 13.8 Å². The zero-order chi connectivity index (χ0) is 19.8. The smallest absolute Gasteiger partial charge is 0.359 e. The molecule has 3 heterocycles.